The fourth-order valence-corrected chi connectivity index (χ4v) is 3.58. The van der Waals surface area contributed by atoms with Gasteiger partial charge in [0, 0.05) is 22.3 Å². The van der Waals surface area contributed by atoms with Crippen molar-refractivity contribution in [3.8, 4) is 0 Å². The fourth-order valence-electron chi connectivity index (χ4n) is 3.18. The van der Waals surface area contributed by atoms with E-state index in [-0.39, 0.29) is 5.91 Å². The van der Waals surface area contributed by atoms with Crippen molar-refractivity contribution in [2.45, 2.75) is 19.4 Å². The average Bonchev–Trinajstić information content (AvgIpc) is 2.92. The van der Waals surface area contributed by atoms with Crippen LogP contribution in [0.4, 0.5) is 10.5 Å². The first kappa shape index (κ1) is 21.5. The molecule has 3 N–H and O–H groups in total. The number of hydrogen-bond donors (Lipinski definition) is 3. The lowest BCUT2D eigenvalue weighted by atomic mass is 9.92. The second kappa shape index (κ2) is 8.66. The minimum atomic E-state index is -1.26. The Morgan fingerprint density at radius 2 is 1.87 bits per heavy atom. The molecule has 1 aliphatic heterocycles. The second-order valence-electron chi connectivity index (χ2n) is 6.95. The Kier molecular flexibility index (Phi) is 6.21. The van der Waals surface area contributed by atoms with Crippen LogP contribution in [-0.2, 0) is 15.1 Å². The van der Waals surface area contributed by atoms with Gasteiger partial charge in [0.1, 0.15) is 12.1 Å². The van der Waals surface area contributed by atoms with E-state index in [0.717, 1.165) is 9.37 Å². The minimum absolute atomic E-state index is 0.257. The minimum Gasteiger partial charge on any atom is -0.352 e. The van der Waals surface area contributed by atoms with Crippen molar-refractivity contribution >= 4 is 45.4 Å². The molecule has 0 saturated carbocycles. The first-order valence-electron chi connectivity index (χ1n) is 9.33. The van der Waals surface area contributed by atoms with Crippen molar-refractivity contribution in [3.05, 3.63) is 64.1 Å². The van der Waals surface area contributed by atoms with Crippen molar-refractivity contribution in [2.75, 3.05) is 18.4 Å². The van der Waals surface area contributed by atoms with E-state index < -0.39 is 29.9 Å². The largest absolute Gasteiger partial charge is 0.352 e. The quantitative estimate of drug-likeness (QED) is 0.561. The zero-order chi connectivity index (χ0) is 21.9. The highest BCUT2D eigenvalue weighted by Gasteiger charge is 2.49. The molecule has 0 spiro atoms. The van der Waals surface area contributed by atoms with Crippen LogP contribution in [-0.4, -0.2) is 41.7 Å². The van der Waals surface area contributed by atoms with E-state index in [1.54, 1.807) is 43.3 Å². The first-order valence-corrected chi connectivity index (χ1v) is 10.1. The molecule has 1 heterocycles. The number of hydrogen-bond acceptors (Lipinski definition) is 4. The van der Waals surface area contributed by atoms with Crippen molar-refractivity contribution < 1.29 is 19.2 Å². The van der Waals surface area contributed by atoms with E-state index in [1.807, 2.05) is 13.0 Å². The Hall–Kier alpha value is -3.20. The van der Waals surface area contributed by atoms with Gasteiger partial charge in [-0.05, 0) is 49.7 Å². The number of anilines is 1. The summed E-state index contributed by atoms with van der Waals surface area (Å²) in [5.74, 6) is -1.32. The van der Waals surface area contributed by atoms with Crippen molar-refractivity contribution in [3.63, 3.8) is 0 Å². The van der Waals surface area contributed by atoms with Gasteiger partial charge in [-0.15, -0.1) is 0 Å². The molecule has 0 bridgehead atoms. The molecule has 1 atom stereocenters. The van der Waals surface area contributed by atoms with Gasteiger partial charge >= 0.3 is 6.03 Å². The summed E-state index contributed by atoms with van der Waals surface area (Å²) in [6, 6.07) is 12.8. The number of amides is 5. The lowest BCUT2D eigenvalue weighted by Gasteiger charge is -2.22. The highest BCUT2D eigenvalue weighted by atomic mass is 79.9. The van der Waals surface area contributed by atoms with Crippen LogP contribution in [0, 0.1) is 0 Å². The summed E-state index contributed by atoms with van der Waals surface area (Å²) in [7, 11) is 0. The van der Waals surface area contributed by atoms with Crippen LogP contribution in [0.1, 0.15) is 29.8 Å². The summed E-state index contributed by atoms with van der Waals surface area (Å²) < 4.78 is 0.770. The van der Waals surface area contributed by atoms with Gasteiger partial charge in [-0.2, -0.15) is 0 Å². The number of halogens is 1. The summed E-state index contributed by atoms with van der Waals surface area (Å²) in [4.78, 5) is 50.7. The summed E-state index contributed by atoms with van der Waals surface area (Å²) in [6.07, 6.45) is 0. The monoisotopic (exact) mass is 472 g/mol. The van der Waals surface area contributed by atoms with Gasteiger partial charge in [-0.1, -0.05) is 34.1 Å². The van der Waals surface area contributed by atoms with Gasteiger partial charge in [0.05, 0.1) is 0 Å². The zero-order valence-electron chi connectivity index (χ0n) is 16.5. The van der Waals surface area contributed by atoms with Gasteiger partial charge in [0.2, 0.25) is 5.91 Å². The van der Waals surface area contributed by atoms with Crippen LogP contribution in [0.15, 0.2) is 53.0 Å². The number of urea groups is 1. The normalized spacial score (nSPS) is 18.2. The Morgan fingerprint density at radius 3 is 2.57 bits per heavy atom. The second-order valence-corrected chi connectivity index (χ2v) is 7.86. The lowest BCUT2D eigenvalue weighted by Crippen LogP contribution is -2.42. The molecule has 1 saturated heterocycles. The Bertz CT molecular complexity index is 1030. The number of nitrogens with zero attached hydrogens (tertiary/aromatic N) is 1. The maximum atomic E-state index is 12.9. The molecule has 9 heteroatoms. The number of nitrogens with one attached hydrogen (secondary N) is 3. The van der Waals surface area contributed by atoms with E-state index in [1.165, 1.54) is 6.07 Å². The van der Waals surface area contributed by atoms with Crippen LogP contribution in [0.5, 0.6) is 0 Å². The Labute approximate surface area is 182 Å². The number of imide groups is 1. The first-order chi connectivity index (χ1) is 14.2. The van der Waals surface area contributed by atoms with Crippen LogP contribution in [0.2, 0.25) is 0 Å². The van der Waals surface area contributed by atoms with Gasteiger partial charge in [0.25, 0.3) is 11.8 Å². The third kappa shape index (κ3) is 4.35. The number of carbonyl (C=O) groups excluding carboxylic acids is 4. The van der Waals surface area contributed by atoms with Crippen molar-refractivity contribution in [1.82, 2.24) is 15.5 Å². The smallest absolute Gasteiger partial charge is 0.325 e. The third-order valence-electron chi connectivity index (χ3n) is 4.72. The Morgan fingerprint density at radius 1 is 1.13 bits per heavy atom. The Balaban J connectivity index is 1.71. The lowest BCUT2D eigenvalue weighted by molar-refractivity contribution is -0.133. The highest BCUT2D eigenvalue weighted by Crippen LogP contribution is 2.30. The van der Waals surface area contributed by atoms with Crippen LogP contribution in [0.25, 0.3) is 0 Å². The predicted molar refractivity (Wildman–Crippen MR) is 115 cm³/mol. The molecule has 8 nitrogen and oxygen atoms in total. The molecule has 0 radical (unpaired) electrons. The number of benzene rings is 2. The standard InChI is InChI=1S/C21H21BrN4O4/c1-3-23-18(28)13-6-4-9-16(10-13)24-17(27)12-26-19(29)21(2,25-20(26)30)14-7-5-8-15(22)11-14/h4-11H,3,12H2,1-2H3,(H,23,28)(H,24,27)(H,25,30). The molecule has 0 aromatic heterocycles. The average molecular weight is 473 g/mol. The van der Waals surface area contributed by atoms with E-state index in [4.69, 9.17) is 0 Å². The van der Waals surface area contributed by atoms with Gasteiger partial charge < -0.3 is 16.0 Å². The van der Waals surface area contributed by atoms with Crippen LogP contribution < -0.4 is 16.0 Å². The van der Waals surface area contributed by atoms with E-state index in [2.05, 4.69) is 31.9 Å². The van der Waals surface area contributed by atoms with Crippen LogP contribution in [0.3, 0.4) is 0 Å². The zero-order valence-corrected chi connectivity index (χ0v) is 18.1. The van der Waals surface area contributed by atoms with Gasteiger partial charge in [0.15, 0.2) is 0 Å². The maximum absolute atomic E-state index is 12.9. The van der Waals surface area contributed by atoms with E-state index in [9.17, 15) is 19.2 Å². The third-order valence-corrected chi connectivity index (χ3v) is 5.22. The molecule has 1 unspecified atom stereocenters. The summed E-state index contributed by atoms with van der Waals surface area (Å²) in [6.45, 7) is 3.45. The van der Waals surface area contributed by atoms with Gasteiger partial charge in [-0.25, -0.2) is 4.79 Å². The molecule has 5 amide bonds. The predicted octanol–water partition coefficient (Wildman–Crippen LogP) is 2.60. The summed E-state index contributed by atoms with van der Waals surface area (Å²) in [5.41, 5.74) is 0.129. The molecule has 1 fully saturated rings. The molecular formula is C21H21BrN4O4. The molecule has 1 aliphatic rings. The van der Waals surface area contributed by atoms with Crippen molar-refractivity contribution in [1.29, 1.82) is 0 Å². The molecule has 3 rings (SSSR count). The fraction of sp³-hybridized carbons (Fsp3) is 0.238. The molecule has 30 heavy (non-hydrogen) atoms. The number of carbonyl (C=O) groups is 4. The number of rotatable bonds is 6. The molecule has 2 aromatic rings. The summed E-state index contributed by atoms with van der Waals surface area (Å²) >= 11 is 3.36. The molecular weight excluding hydrogens is 452 g/mol. The topological polar surface area (TPSA) is 108 Å². The molecule has 0 aliphatic carbocycles. The van der Waals surface area contributed by atoms with E-state index >= 15 is 0 Å². The van der Waals surface area contributed by atoms with Gasteiger partial charge in [-0.3, -0.25) is 19.3 Å². The highest BCUT2D eigenvalue weighted by molar-refractivity contribution is 9.10. The van der Waals surface area contributed by atoms with E-state index in [0.29, 0.717) is 23.4 Å². The van der Waals surface area contributed by atoms with Crippen molar-refractivity contribution in [2.24, 2.45) is 0 Å². The van der Waals surface area contributed by atoms with Crippen LogP contribution >= 0.6 is 15.9 Å². The summed E-state index contributed by atoms with van der Waals surface area (Å²) in [5, 5.41) is 7.97. The molecule has 156 valence electrons. The maximum Gasteiger partial charge on any atom is 0.325 e. The molecule has 2 aromatic carbocycles. The SMILES string of the molecule is CCNC(=O)c1cccc(NC(=O)CN2C(=O)NC(C)(c3cccc(Br)c3)C2=O)c1.